The van der Waals surface area contributed by atoms with Gasteiger partial charge in [-0.15, -0.1) is 11.3 Å². The molecule has 0 aliphatic rings. The minimum Gasteiger partial charge on any atom is -0.457 e. The van der Waals surface area contributed by atoms with Crippen LogP contribution < -0.4 is 0 Å². The van der Waals surface area contributed by atoms with Crippen LogP contribution in [0.5, 0.6) is 0 Å². The molecule has 0 saturated carbocycles. The van der Waals surface area contributed by atoms with Crippen molar-refractivity contribution in [2.75, 3.05) is 0 Å². The Labute approximate surface area is 107 Å². The van der Waals surface area contributed by atoms with Crippen molar-refractivity contribution in [2.24, 2.45) is 0 Å². The Morgan fingerprint density at radius 2 is 1.94 bits per heavy atom. The normalized spacial score (nSPS) is 13.6. The molecule has 1 rings (SSSR count). The molecule has 18 heavy (non-hydrogen) atoms. The van der Waals surface area contributed by atoms with Gasteiger partial charge in [-0.2, -0.15) is 13.2 Å². The molecule has 1 heterocycles. The molecule has 0 radical (unpaired) electrons. The van der Waals surface area contributed by atoms with Crippen molar-refractivity contribution in [2.45, 2.75) is 32.5 Å². The number of esters is 1. The lowest BCUT2D eigenvalue weighted by Crippen LogP contribution is -2.23. The van der Waals surface area contributed by atoms with Gasteiger partial charge in [0.05, 0.1) is 5.57 Å². The van der Waals surface area contributed by atoms with E-state index < -0.39 is 23.3 Å². The Balaban J connectivity index is 3.02. The third-order valence-electron chi connectivity index (χ3n) is 1.76. The van der Waals surface area contributed by atoms with E-state index in [0.29, 0.717) is 6.08 Å². The number of ether oxygens (including phenoxy) is 1. The van der Waals surface area contributed by atoms with E-state index in [0.717, 1.165) is 11.3 Å². The van der Waals surface area contributed by atoms with Gasteiger partial charge in [-0.25, -0.2) is 4.79 Å². The smallest absolute Gasteiger partial charge is 0.418 e. The van der Waals surface area contributed by atoms with Crippen LogP contribution in [0.15, 0.2) is 23.6 Å². The van der Waals surface area contributed by atoms with Crippen molar-refractivity contribution in [3.05, 3.63) is 28.5 Å². The predicted molar refractivity (Wildman–Crippen MR) is 64.2 cm³/mol. The number of carbonyl (C=O) groups excluding carboxylic acids is 1. The van der Waals surface area contributed by atoms with E-state index in [1.54, 1.807) is 20.8 Å². The van der Waals surface area contributed by atoms with Crippen LogP contribution in [-0.2, 0) is 9.53 Å². The Kier molecular flexibility index (Phi) is 4.21. The first-order valence-corrected chi connectivity index (χ1v) is 6.03. The molecule has 0 saturated heterocycles. The summed E-state index contributed by atoms with van der Waals surface area (Å²) < 4.78 is 43.3. The highest BCUT2D eigenvalue weighted by Gasteiger charge is 2.36. The summed E-state index contributed by atoms with van der Waals surface area (Å²) >= 11 is 0.922. The minimum atomic E-state index is -4.58. The predicted octanol–water partition coefficient (Wildman–Crippen LogP) is 4.04. The lowest BCUT2D eigenvalue weighted by atomic mass is 10.2. The summed E-state index contributed by atoms with van der Waals surface area (Å²) in [7, 11) is 0. The second-order valence-corrected chi connectivity index (χ2v) is 5.51. The fourth-order valence-corrected chi connectivity index (χ4v) is 1.94. The molecule has 0 aromatic carbocycles. The minimum absolute atomic E-state index is 0.00615. The summed E-state index contributed by atoms with van der Waals surface area (Å²) in [6, 6.07) is 2.81. The van der Waals surface area contributed by atoms with Gasteiger partial charge in [-0.05, 0) is 32.2 Å². The standard InChI is InChI=1S/C12H13F3O2S/c1-11(2,3)17-10(16)7-8(12(13,14)15)9-5-4-6-18-9/h4-7H,1-3H3/b8-7+. The fraction of sp³-hybridized carbons (Fsp3) is 0.417. The lowest BCUT2D eigenvalue weighted by molar-refractivity contribution is -0.148. The molecule has 0 aliphatic heterocycles. The van der Waals surface area contributed by atoms with Crippen LogP contribution in [0, 0.1) is 0 Å². The number of allylic oxidation sites excluding steroid dienone is 1. The first-order chi connectivity index (χ1) is 8.09. The molecule has 1 aromatic heterocycles. The highest BCUT2D eigenvalue weighted by Crippen LogP contribution is 2.36. The Morgan fingerprint density at radius 1 is 1.33 bits per heavy atom. The number of halogens is 3. The van der Waals surface area contributed by atoms with Gasteiger partial charge in [0.1, 0.15) is 5.60 Å². The van der Waals surface area contributed by atoms with E-state index in [9.17, 15) is 18.0 Å². The quantitative estimate of drug-likeness (QED) is 0.603. The van der Waals surface area contributed by atoms with E-state index in [-0.39, 0.29) is 4.88 Å². The fourth-order valence-electron chi connectivity index (χ4n) is 1.17. The number of thiophene rings is 1. The van der Waals surface area contributed by atoms with Crippen LogP contribution in [0.2, 0.25) is 0 Å². The Hall–Kier alpha value is -1.30. The third-order valence-corrected chi connectivity index (χ3v) is 2.66. The van der Waals surface area contributed by atoms with E-state index in [1.165, 1.54) is 17.5 Å². The highest BCUT2D eigenvalue weighted by atomic mass is 32.1. The van der Waals surface area contributed by atoms with Gasteiger partial charge in [0.25, 0.3) is 0 Å². The molecular weight excluding hydrogens is 265 g/mol. The van der Waals surface area contributed by atoms with Gasteiger partial charge in [0, 0.05) is 11.0 Å². The molecule has 0 bridgehead atoms. The van der Waals surface area contributed by atoms with Crippen molar-refractivity contribution in [1.82, 2.24) is 0 Å². The summed E-state index contributed by atoms with van der Waals surface area (Å²) in [6.45, 7) is 4.78. The molecule has 0 amide bonds. The largest absolute Gasteiger partial charge is 0.457 e. The maximum atomic E-state index is 12.8. The summed E-state index contributed by atoms with van der Waals surface area (Å²) in [5.41, 5.74) is -1.80. The zero-order chi connectivity index (χ0) is 14.0. The number of rotatable bonds is 2. The summed E-state index contributed by atoms with van der Waals surface area (Å²) in [4.78, 5) is 11.4. The SMILES string of the molecule is CC(C)(C)OC(=O)/C=C(\c1cccs1)C(F)(F)F. The topological polar surface area (TPSA) is 26.3 Å². The zero-order valence-corrected chi connectivity index (χ0v) is 11.0. The van der Waals surface area contributed by atoms with Crippen molar-refractivity contribution >= 4 is 22.9 Å². The Bertz CT molecular complexity index is 439. The van der Waals surface area contributed by atoms with Crippen molar-refractivity contribution in [1.29, 1.82) is 0 Å². The van der Waals surface area contributed by atoms with Crippen LogP contribution in [0.1, 0.15) is 25.6 Å². The number of carbonyl (C=O) groups is 1. The molecule has 0 N–H and O–H groups in total. The van der Waals surface area contributed by atoms with E-state index in [4.69, 9.17) is 4.74 Å². The van der Waals surface area contributed by atoms with Crippen LogP contribution in [0.25, 0.3) is 5.57 Å². The first-order valence-electron chi connectivity index (χ1n) is 5.15. The molecule has 0 aliphatic carbocycles. The molecule has 100 valence electrons. The molecule has 0 spiro atoms. The van der Waals surface area contributed by atoms with Gasteiger partial charge in [0.15, 0.2) is 0 Å². The maximum absolute atomic E-state index is 12.8. The van der Waals surface area contributed by atoms with Crippen LogP contribution >= 0.6 is 11.3 Å². The first kappa shape index (κ1) is 14.8. The van der Waals surface area contributed by atoms with Crippen LogP contribution in [0.4, 0.5) is 13.2 Å². The number of hydrogen-bond donors (Lipinski definition) is 0. The summed E-state index contributed by atoms with van der Waals surface area (Å²) in [6.07, 6.45) is -4.08. The molecule has 0 atom stereocenters. The summed E-state index contributed by atoms with van der Waals surface area (Å²) in [5, 5.41) is 1.52. The van der Waals surface area contributed by atoms with Gasteiger partial charge in [-0.1, -0.05) is 6.07 Å². The second kappa shape index (κ2) is 5.14. The van der Waals surface area contributed by atoms with E-state index >= 15 is 0 Å². The van der Waals surface area contributed by atoms with Crippen molar-refractivity contribution < 1.29 is 22.7 Å². The zero-order valence-electron chi connectivity index (χ0n) is 10.2. The molecular formula is C12H13F3O2S. The average molecular weight is 278 g/mol. The summed E-state index contributed by atoms with van der Waals surface area (Å²) in [5.74, 6) is -0.997. The van der Waals surface area contributed by atoms with Gasteiger partial charge in [-0.3, -0.25) is 0 Å². The number of alkyl halides is 3. The average Bonchev–Trinajstić information content (AvgIpc) is 2.61. The number of hydrogen-bond acceptors (Lipinski definition) is 3. The van der Waals surface area contributed by atoms with E-state index in [1.807, 2.05) is 0 Å². The lowest BCUT2D eigenvalue weighted by Gasteiger charge is -2.19. The highest BCUT2D eigenvalue weighted by molar-refractivity contribution is 7.11. The second-order valence-electron chi connectivity index (χ2n) is 4.57. The van der Waals surface area contributed by atoms with Gasteiger partial charge < -0.3 is 4.74 Å². The molecule has 6 heteroatoms. The molecule has 0 fully saturated rings. The third kappa shape index (κ3) is 4.52. The van der Waals surface area contributed by atoms with Gasteiger partial charge in [0.2, 0.25) is 0 Å². The van der Waals surface area contributed by atoms with Crippen molar-refractivity contribution in [3.8, 4) is 0 Å². The molecule has 0 unspecified atom stereocenters. The molecule has 1 aromatic rings. The maximum Gasteiger partial charge on any atom is 0.418 e. The van der Waals surface area contributed by atoms with Crippen molar-refractivity contribution in [3.63, 3.8) is 0 Å². The molecule has 2 nitrogen and oxygen atoms in total. The van der Waals surface area contributed by atoms with Crippen LogP contribution in [0.3, 0.4) is 0 Å². The monoisotopic (exact) mass is 278 g/mol. The van der Waals surface area contributed by atoms with E-state index in [2.05, 4.69) is 0 Å². The van der Waals surface area contributed by atoms with Gasteiger partial charge >= 0.3 is 12.1 Å². The Morgan fingerprint density at radius 3 is 2.33 bits per heavy atom. The van der Waals surface area contributed by atoms with Crippen LogP contribution in [-0.4, -0.2) is 17.7 Å².